The lowest BCUT2D eigenvalue weighted by Gasteiger charge is -2.11. The fourth-order valence-electron chi connectivity index (χ4n) is 5.27. The van der Waals surface area contributed by atoms with Crippen molar-refractivity contribution >= 4 is 22.4 Å². The minimum absolute atomic E-state index is 0.706. The SMILES string of the molecule is Clc1cccc2c(-c3ccc(-c4cc(-c5ccc(-c6ccccc6)cc5)nc(-c5ccccc5)n4)cc3)cccc12. The van der Waals surface area contributed by atoms with Crippen molar-refractivity contribution in [2.45, 2.75) is 0 Å². The Morgan fingerprint density at radius 2 is 0.854 bits per heavy atom. The number of nitrogens with zero attached hydrogens (tertiary/aromatic N) is 2. The number of hydrogen-bond donors (Lipinski definition) is 0. The second-order valence-corrected chi connectivity index (χ2v) is 10.4. The highest BCUT2D eigenvalue weighted by atomic mass is 35.5. The van der Waals surface area contributed by atoms with Crippen LogP contribution in [-0.2, 0) is 0 Å². The Morgan fingerprint density at radius 3 is 1.49 bits per heavy atom. The van der Waals surface area contributed by atoms with Crippen molar-refractivity contribution in [2.24, 2.45) is 0 Å². The minimum Gasteiger partial charge on any atom is -0.228 e. The van der Waals surface area contributed by atoms with Gasteiger partial charge in [-0.25, -0.2) is 9.97 Å². The average Bonchev–Trinajstić information content (AvgIpc) is 3.05. The first-order valence-electron chi connectivity index (χ1n) is 13.6. The van der Waals surface area contributed by atoms with Crippen LogP contribution >= 0.6 is 11.6 Å². The van der Waals surface area contributed by atoms with Crippen LogP contribution in [0.1, 0.15) is 0 Å². The summed E-state index contributed by atoms with van der Waals surface area (Å²) in [5, 5.41) is 2.96. The van der Waals surface area contributed by atoms with Crippen LogP contribution in [0.4, 0.5) is 0 Å². The fourth-order valence-corrected chi connectivity index (χ4v) is 5.50. The van der Waals surface area contributed by atoms with Crippen LogP contribution in [0.2, 0.25) is 5.02 Å². The van der Waals surface area contributed by atoms with E-state index < -0.39 is 0 Å². The Labute approximate surface area is 244 Å². The van der Waals surface area contributed by atoms with E-state index in [-0.39, 0.29) is 0 Å². The molecule has 3 heteroatoms. The lowest BCUT2D eigenvalue weighted by atomic mass is 9.96. The smallest absolute Gasteiger partial charge is 0.160 e. The van der Waals surface area contributed by atoms with Gasteiger partial charge in [0, 0.05) is 27.1 Å². The van der Waals surface area contributed by atoms with Crippen molar-refractivity contribution in [1.82, 2.24) is 9.97 Å². The van der Waals surface area contributed by atoms with Gasteiger partial charge < -0.3 is 0 Å². The molecule has 0 saturated carbocycles. The zero-order chi connectivity index (χ0) is 27.6. The molecule has 0 atom stereocenters. The lowest BCUT2D eigenvalue weighted by molar-refractivity contribution is 1.18. The highest BCUT2D eigenvalue weighted by Crippen LogP contribution is 2.34. The van der Waals surface area contributed by atoms with Crippen molar-refractivity contribution in [1.29, 1.82) is 0 Å². The molecule has 41 heavy (non-hydrogen) atoms. The summed E-state index contributed by atoms with van der Waals surface area (Å²) >= 11 is 6.48. The summed E-state index contributed by atoms with van der Waals surface area (Å²) in [5.74, 6) is 0.706. The number of rotatable bonds is 5. The number of halogens is 1. The standard InChI is InChI=1S/C38H25ClN2/c39-35-16-8-14-33-32(13-7-15-34(33)35)28-19-23-30(24-20-28)37-25-36(40-38(41-37)31-11-5-2-6-12-31)29-21-17-27(18-22-29)26-9-3-1-4-10-26/h1-25H. The summed E-state index contributed by atoms with van der Waals surface area (Å²) in [5.41, 5.74) is 9.51. The van der Waals surface area contributed by atoms with E-state index in [9.17, 15) is 0 Å². The molecule has 194 valence electrons. The van der Waals surface area contributed by atoms with E-state index in [2.05, 4.69) is 115 Å². The fraction of sp³-hybridized carbons (Fsp3) is 0. The number of aromatic nitrogens is 2. The third kappa shape index (κ3) is 5.02. The Bertz CT molecular complexity index is 1970. The van der Waals surface area contributed by atoms with Crippen LogP contribution in [0.15, 0.2) is 152 Å². The van der Waals surface area contributed by atoms with E-state index in [1.165, 1.54) is 11.1 Å². The molecule has 0 aliphatic carbocycles. The van der Waals surface area contributed by atoms with E-state index in [0.29, 0.717) is 5.82 Å². The van der Waals surface area contributed by atoms with Gasteiger partial charge in [-0.05, 0) is 39.8 Å². The molecule has 0 bridgehead atoms. The monoisotopic (exact) mass is 544 g/mol. The van der Waals surface area contributed by atoms with Gasteiger partial charge in [-0.1, -0.05) is 151 Å². The molecule has 0 aliphatic rings. The third-order valence-corrected chi connectivity index (χ3v) is 7.74. The molecule has 0 unspecified atom stereocenters. The number of hydrogen-bond acceptors (Lipinski definition) is 2. The number of fused-ring (bicyclic) bond motifs is 1. The van der Waals surface area contributed by atoms with Crippen molar-refractivity contribution < 1.29 is 0 Å². The maximum atomic E-state index is 6.48. The summed E-state index contributed by atoms with van der Waals surface area (Å²) < 4.78 is 0. The molecule has 0 aliphatic heterocycles. The molecule has 1 aromatic heterocycles. The molecule has 0 N–H and O–H groups in total. The molecular formula is C38H25ClN2. The minimum atomic E-state index is 0.706. The first-order valence-corrected chi connectivity index (χ1v) is 14.0. The van der Waals surface area contributed by atoms with Gasteiger partial charge in [0.15, 0.2) is 5.82 Å². The van der Waals surface area contributed by atoms with Crippen molar-refractivity contribution in [3.63, 3.8) is 0 Å². The Balaban J connectivity index is 1.29. The zero-order valence-corrected chi connectivity index (χ0v) is 23.0. The quantitative estimate of drug-likeness (QED) is 0.215. The van der Waals surface area contributed by atoms with Crippen molar-refractivity contribution in [2.75, 3.05) is 0 Å². The van der Waals surface area contributed by atoms with Gasteiger partial charge in [-0.3, -0.25) is 0 Å². The molecule has 0 amide bonds. The largest absolute Gasteiger partial charge is 0.228 e. The van der Waals surface area contributed by atoms with Gasteiger partial charge in [0.25, 0.3) is 0 Å². The average molecular weight is 545 g/mol. The highest BCUT2D eigenvalue weighted by Gasteiger charge is 2.12. The molecule has 7 aromatic rings. The Morgan fingerprint density at radius 1 is 0.366 bits per heavy atom. The maximum absolute atomic E-state index is 6.48. The Kier molecular flexibility index (Phi) is 6.60. The normalized spacial score (nSPS) is 11.0. The van der Waals surface area contributed by atoms with E-state index >= 15 is 0 Å². The van der Waals surface area contributed by atoms with Gasteiger partial charge in [0.05, 0.1) is 11.4 Å². The van der Waals surface area contributed by atoms with Crippen LogP contribution in [0.3, 0.4) is 0 Å². The molecule has 0 fully saturated rings. The van der Waals surface area contributed by atoms with Crippen LogP contribution < -0.4 is 0 Å². The number of benzene rings is 6. The highest BCUT2D eigenvalue weighted by molar-refractivity contribution is 6.35. The van der Waals surface area contributed by atoms with Gasteiger partial charge in [0.2, 0.25) is 0 Å². The Hall–Kier alpha value is -5.05. The molecule has 6 aromatic carbocycles. The molecule has 0 radical (unpaired) electrons. The molecular weight excluding hydrogens is 520 g/mol. The first kappa shape index (κ1) is 25.0. The summed E-state index contributed by atoms with van der Waals surface area (Å²) in [6, 6.07) is 52.1. The second-order valence-electron chi connectivity index (χ2n) is 9.99. The maximum Gasteiger partial charge on any atom is 0.160 e. The summed E-state index contributed by atoms with van der Waals surface area (Å²) in [7, 11) is 0. The second kappa shape index (κ2) is 10.8. The van der Waals surface area contributed by atoms with E-state index in [4.69, 9.17) is 21.6 Å². The topological polar surface area (TPSA) is 25.8 Å². The van der Waals surface area contributed by atoms with Crippen LogP contribution in [0.25, 0.3) is 66.9 Å². The molecule has 0 spiro atoms. The van der Waals surface area contributed by atoms with E-state index in [0.717, 1.165) is 55.0 Å². The van der Waals surface area contributed by atoms with Crippen LogP contribution in [0, 0.1) is 0 Å². The molecule has 7 rings (SSSR count). The van der Waals surface area contributed by atoms with Crippen LogP contribution in [-0.4, -0.2) is 9.97 Å². The third-order valence-electron chi connectivity index (χ3n) is 7.41. The summed E-state index contributed by atoms with van der Waals surface area (Å²) in [4.78, 5) is 9.99. The van der Waals surface area contributed by atoms with Crippen LogP contribution in [0.5, 0.6) is 0 Å². The molecule has 0 saturated heterocycles. The summed E-state index contributed by atoms with van der Waals surface area (Å²) in [6.45, 7) is 0. The van der Waals surface area contributed by atoms with E-state index in [1.807, 2.05) is 36.4 Å². The lowest BCUT2D eigenvalue weighted by Crippen LogP contribution is -1.96. The predicted octanol–water partition coefficient (Wildman–Crippen LogP) is 10.6. The van der Waals surface area contributed by atoms with Crippen molar-refractivity contribution in [3.05, 3.63) is 157 Å². The first-order chi connectivity index (χ1) is 20.2. The molecule has 2 nitrogen and oxygen atoms in total. The predicted molar refractivity (Wildman–Crippen MR) is 172 cm³/mol. The van der Waals surface area contributed by atoms with Gasteiger partial charge in [-0.2, -0.15) is 0 Å². The van der Waals surface area contributed by atoms with Crippen molar-refractivity contribution in [3.8, 4) is 56.2 Å². The van der Waals surface area contributed by atoms with Gasteiger partial charge in [0.1, 0.15) is 0 Å². The molecule has 1 heterocycles. The van der Waals surface area contributed by atoms with Gasteiger partial charge >= 0.3 is 0 Å². The summed E-state index contributed by atoms with van der Waals surface area (Å²) in [6.07, 6.45) is 0. The zero-order valence-electron chi connectivity index (χ0n) is 22.2. The van der Waals surface area contributed by atoms with E-state index in [1.54, 1.807) is 0 Å². The van der Waals surface area contributed by atoms with Gasteiger partial charge in [-0.15, -0.1) is 0 Å².